The summed E-state index contributed by atoms with van der Waals surface area (Å²) in [6.07, 6.45) is 5.13. The number of rotatable bonds is 6. The lowest BCUT2D eigenvalue weighted by molar-refractivity contribution is -0.115. The molecule has 0 radical (unpaired) electrons. The summed E-state index contributed by atoms with van der Waals surface area (Å²) in [5.74, 6) is 0.533. The van der Waals surface area contributed by atoms with Crippen molar-refractivity contribution in [3.63, 3.8) is 0 Å². The van der Waals surface area contributed by atoms with Gasteiger partial charge in [0, 0.05) is 22.3 Å². The number of hydrogen-bond acceptors (Lipinski definition) is 3. The Balaban J connectivity index is 1.71. The van der Waals surface area contributed by atoms with Gasteiger partial charge in [0.2, 0.25) is 0 Å². The zero-order chi connectivity index (χ0) is 20.1. The third kappa shape index (κ3) is 4.68. The summed E-state index contributed by atoms with van der Waals surface area (Å²) in [6.45, 7) is 0. The molecule has 0 aliphatic heterocycles. The molecular formula is C21H18Cl2N2O3. The Hall–Kier alpha value is -2.89. The molecule has 0 aliphatic carbocycles. The number of aromatic amines is 1. The first kappa shape index (κ1) is 19.9. The van der Waals surface area contributed by atoms with E-state index in [2.05, 4.69) is 10.3 Å². The highest BCUT2D eigenvalue weighted by molar-refractivity contribution is 6.42. The van der Waals surface area contributed by atoms with E-state index in [0.717, 1.165) is 16.6 Å². The first-order valence-corrected chi connectivity index (χ1v) is 9.11. The summed E-state index contributed by atoms with van der Waals surface area (Å²) in [4.78, 5) is 15.6. The van der Waals surface area contributed by atoms with E-state index in [1.807, 2.05) is 12.1 Å². The van der Waals surface area contributed by atoms with E-state index < -0.39 is 0 Å². The van der Waals surface area contributed by atoms with Gasteiger partial charge in [0.05, 0.1) is 24.3 Å². The van der Waals surface area contributed by atoms with Crippen molar-refractivity contribution in [2.45, 2.75) is 0 Å². The molecule has 0 bridgehead atoms. The van der Waals surface area contributed by atoms with Crippen molar-refractivity contribution >= 4 is 51.8 Å². The fraction of sp³-hybridized carbons (Fsp3) is 0.0952. The molecule has 3 aromatic rings. The minimum absolute atomic E-state index is 0.175. The largest absolute Gasteiger partial charge is 0.497 e. The van der Waals surface area contributed by atoms with Crippen LogP contribution in [0.3, 0.4) is 0 Å². The molecule has 2 aromatic carbocycles. The SMILES string of the molecule is COC(=CC=Cc1cc2cc(Cl)c(Cl)cc2[nH]1)C(=O)Nc1ccc(OC)cc1. The molecular weight excluding hydrogens is 399 g/mol. The number of H-pyrrole nitrogens is 1. The van der Waals surface area contributed by atoms with Crippen molar-refractivity contribution in [2.75, 3.05) is 19.5 Å². The van der Waals surface area contributed by atoms with Crippen LogP contribution in [0.5, 0.6) is 5.75 Å². The molecule has 144 valence electrons. The van der Waals surface area contributed by atoms with Crippen LogP contribution in [0.25, 0.3) is 17.0 Å². The highest BCUT2D eigenvalue weighted by Gasteiger charge is 2.09. The van der Waals surface area contributed by atoms with Crippen molar-refractivity contribution in [1.29, 1.82) is 0 Å². The lowest BCUT2D eigenvalue weighted by Crippen LogP contribution is -2.15. The lowest BCUT2D eigenvalue weighted by atomic mass is 10.2. The molecule has 3 rings (SSSR count). The maximum absolute atomic E-state index is 12.3. The highest BCUT2D eigenvalue weighted by atomic mass is 35.5. The monoisotopic (exact) mass is 416 g/mol. The Morgan fingerprint density at radius 1 is 1.07 bits per heavy atom. The van der Waals surface area contributed by atoms with Gasteiger partial charge in [0.25, 0.3) is 5.91 Å². The molecule has 2 N–H and O–H groups in total. The van der Waals surface area contributed by atoms with Crippen LogP contribution in [0.2, 0.25) is 10.0 Å². The van der Waals surface area contributed by atoms with Crippen LogP contribution in [0.1, 0.15) is 5.69 Å². The summed E-state index contributed by atoms with van der Waals surface area (Å²) in [5, 5.41) is 4.70. The van der Waals surface area contributed by atoms with Crippen molar-refractivity contribution in [1.82, 2.24) is 4.98 Å². The Kier molecular flexibility index (Phi) is 6.29. The van der Waals surface area contributed by atoms with Gasteiger partial charge in [-0.3, -0.25) is 4.79 Å². The molecule has 0 spiro atoms. The van der Waals surface area contributed by atoms with Crippen LogP contribution in [-0.2, 0) is 9.53 Å². The second kappa shape index (κ2) is 8.87. The van der Waals surface area contributed by atoms with E-state index in [0.29, 0.717) is 21.5 Å². The normalized spacial score (nSPS) is 11.8. The van der Waals surface area contributed by atoms with Gasteiger partial charge in [-0.15, -0.1) is 0 Å². The topological polar surface area (TPSA) is 63.4 Å². The Morgan fingerprint density at radius 3 is 2.46 bits per heavy atom. The molecule has 0 atom stereocenters. The number of anilines is 1. The van der Waals surface area contributed by atoms with Gasteiger partial charge in [0.1, 0.15) is 5.75 Å². The number of amides is 1. The quantitative estimate of drug-likeness (QED) is 0.309. The number of fused-ring (bicyclic) bond motifs is 1. The van der Waals surface area contributed by atoms with E-state index in [1.165, 1.54) is 7.11 Å². The molecule has 1 heterocycles. The van der Waals surface area contributed by atoms with E-state index in [9.17, 15) is 4.79 Å². The van der Waals surface area contributed by atoms with Crippen LogP contribution in [0.4, 0.5) is 5.69 Å². The third-order valence-corrected chi connectivity index (χ3v) is 4.72. The van der Waals surface area contributed by atoms with Gasteiger partial charge in [-0.1, -0.05) is 29.3 Å². The number of methoxy groups -OCH3 is 2. The first-order chi connectivity index (χ1) is 13.5. The Labute approximate surface area is 172 Å². The van der Waals surface area contributed by atoms with Gasteiger partial charge in [-0.25, -0.2) is 0 Å². The Bertz CT molecular complexity index is 1010. The smallest absolute Gasteiger partial charge is 0.290 e. The zero-order valence-corrected chi connectivity index (χ0v) is 16.8. The number of allylic oxidation sites excluding steroid dienone is 2. The second-order valence-electron chi connectivity index (χ2n) is 5.86. The highest BCUT2D eigenvalue weighted by Crippen LogP contribution is 2.28. The number of aromatic nitrogens is 1. The molecule has 0 aliphatic rings. The van der Waals surface area contributed by atoms with Gasteiger partial charge in [-0.05, 0) is 54.6 Å². The molecule has 0 fully saturated rings. The average Bonchev–Trinajstić information content (AvgIpc) is 3.07. The van der Waals surface area contributed by atoms with E-state index in [-0.39, 0.29) is 11.7 Å². The van der Waals surface area contributed by atoms with Gasteiger partial charge >= 0.3 is 0 Å². The van der Waals surface area contributed by atoms with Crippen molar-refractivity contribution in [3.8, 4) is 5.75 Å². The second-order valence-corrected chi connectivity index (χ2v) is 6.67. The third-order valence-electron chi connectivity index (χ3n) is 4.00. The fourth-order valence-corrected chi connectivity index (χ4v) is 2.92. The summed E-state index contributed by atoms with van der Waals surface area (Å²) >= 11 is 12.1. The molecule has 0 saturated heterocycles. The standard InChI is InChI=1S/C21H18Cl2N2O3/c1-27-16-8-6-14(7-9-16)25-21(26)20(28-2)5-3-4-15-10-13-11-17(22)18(23)12-19(13)24-15/h3-12,24H,1-2H3,(H,25,26). The van der Waals surface area contributed by atoms with Gasteiger partial charge < -0.3 is 19.8 Å². The molecule has 28 heavy (non-hydrogen) atoms. The lowest BCUT2D eigenvalue weighted by Gasteiger charge is -2.08. The van der Waals surface area contributed by atoms with Gasteiger partial charge in [0.15, 0.2) is 5.76 Å². The number of benzene rings is 2. The molecule has 7 heteroatoms. The van der Waals surface area contributed by atoms with Crippen LogP contribution < -0.4 is 10.1 Å². The number of halogens is 2. The molecule has 0 unspecified atom stereocenters. The van der Waals surface area contributed by atoms with Crippen molar-refractivity contribution in [3.05, 3.63) is 76.1 Å². The molecule has 1 amide bonds. The van der Waals surface area contributed by atoms with Crippen LogP contribution in [0, 0.1) is 0 Å². The Morgan fingerprint density at radius 2 is 1.79 bits per heavy atom. The maximum Gasteiger partial charge on any atom is 0.290 e. The van der Waals surface area contributed by atoms with Crippen LogP contribution >= 0.6 is 23.2 Å². The fourth-order valence-electron chi connectivity index (χ4n) is 2.58. The van der Waals surface area contributed by atoms with Crippen molar-refractivity contribution < 1.29 is 14.3 Å². The van der Waals surface area contributed by atoms with Crippen LogP contribution in [0.15, 0.2) is 60.4 Å². The molecule has 1 aromatic heterocycles. The average molecular weight is 417 g/mol. The number of nitrogens with one attached hydrogen (secondary N) is 2. The predicted octanol–water partition coefficient (Wildman–Crippen LogP) is 5.67. The van der Waals surface area contributed by atoms with Crippen LogP contribution in [-0.4, -0.2) is 25.1 Å². The number of carbonyl (C=O) groups excluding carboxylic acids is 1. The summed E-state index contributed by atoms with van der Waals surface area (Å²) in [6, 6.07) is 12.5. The molecule has 5 nitrogen and oxygen atoms in total. The van der Waals surface area contributed by atoms with E-state index in [4.69, 9.17) is 32.7 Å². The minimum Gasteiger partial charge on any atom is -0.497 e. The number of carbonyl (C=O) groups is 1. The minimum atomic E-state index is -0.354. The summed E-state index contributed by atoms with van der Waals surface area (Å²) < 4.78 is 10.3. The van der Waals surface area contributed by atoms with E-state index >= 15 is 0 Å². The van der Waals surface area contributed by atoms with Gasteiger partial charge in [-0.2, -0.15) is 0 Å². The summed E-state index contributed by atoms with van der Waals surface area (Å²) in [5.41, 5.74) is 2.36. The van der Waals surface area contributed by atoms with Crippen molar-refractivity contribution in [2.24, 2.45) is 0 Å². The first-order valence-electron chi connectivity index (χ1n) is 8.35. The van der Waals surface area contributed by atoms with E-state index in [1.54, 1.807) is 55.7 Å². The number of hydrogen-bond donors (Lipinski definition) is 2. The maximum atomic E-state index is 12.3. The molecule has 0 saturated carbocycles. The zero-order valence-electron chi connectivity index (χ0n) is 15.3. The summed E-state index contributed by atoms with van der Waals surface area (Å²) in [7, 11) is 3.03. The predicted molar refractivity (Wildman–Crippen MR) is 114 cm³/mol. The number of ether oxygens (including phenoxy) is 2.